The average molecular weight is 511 g/mol. The van der Waals surface area contributed by atoms with E-state index in [0.717, 1.165) is 44.6 Å². The summed E-state index contributed by atoms with van der Waals surface area (Å²) in [4.78, 5) is 21.3. The number of carbonyl (C=O) groups excluding carboxylic acids is 1. The number of halogens is 2. The van der Waals surface area contributed by atoms with E-state index in [1.807, 2.05) is 30.3 Å². The van der Waals surface area contributed by atoms with Crippen molar-refractivity contribution in [3.05, 3.63) is 86.9 Å². The molecule has 0 unspecified atom stereocenters. The minimum absolute atomic E-state index is 0.245. The molecule has 0 fully saturated rings. The molecular formula is C27H24Cl2N2O2S. The van der Waals surface area contributed by atoms with Gasteiger partial charge in [0.2, 0.25) is 0 Å². The average Bonchev–Trinajstić information content (AvgIpc) is 3.24. The lowest BCUT2D eigenvalue weighted by Gasteiger charge is -2.26. The normalized spacial score (nSPS) is 13.2. The molecule has 5 rings (SSSR count). The van der Waals surface area contributed by atoms with Crippen molar-refractivity contribution in [2.75, 3.05) is 6.54 Å². The van der Waals surface area contributed by atoms with E-state index in [0.29, 0.717) is 23.8 Å². The predicted octanol–water partition coefficient (Wildman–Crippen LogP) is 7.61. The van der Waals surface area contributed by atoms with Crippen molar-refractivity contribution >= 4 is 50.8 Å². The molecule has 0 bridgehead atoms. The molecule has 1 aliphatic rings. The van der Waals surface area contributed by atoms with Crippen LogP contribution in [0.3, 0.4) is 0 Å². The molecule has 0 aliphatic carbocycles. The molecule has 0 saturated carbocycles. The van der Waals surface area contributed by atoms with Gasteiger partial charge in [-0.15, -0.1) is 22.9 Å². The van der Waals surface area contributed by atoms with E-state index in [1.54, 1.807) is 16.2 Å². The van der Waals surface area contributed by atoms with Crippen LogP contribution in [0.4, 0.5) is 4.79 Å². The van der Waals surface area contributed by atoms with Crippen molar-refractivity contribution in [2.45, 2.75) is 38.8 Å². The number of hydrogen-bond donors (Lipinski definition) is 0. The molecule has 174 valence electrons. The molecule has 2 aromatic carbocycles. The first kappa shape index (κ1) is 23.2. The van der Waals surface area contributed by atoms with Gasteiger partial charge in [-0.2, -0.15) is 0 Å². The van der Waals surface area contributed by atoms with Crippen molar-refractivity contribution in [2.24, 2.45) is 0 Å². The maximum Gasteiger partial charge on any atom is 0.410 e. The third kappa shape index (κ3) is 4.40. The third-order valence-electron chi connectivity index (χ3n) is 6.24. The lowest BCUT2D eigenvalue weighted by atomic mass is 9.95. The first-order chi connectivity index (χ1) is 16.6. The van der Waals surface area contributed by atoms with Crippen molar-refractivity contribution < 1.29 is 9.53 Å². The first-order valence-electron chi connectivity index (χ1n) is 11.3. The fourth-order valence-corrected chi connectivity index (χ4v) is 6.22. The molecule has 1 amide bonds. The van der Waals surface area contributed by atoms with Crippen LogP contribution in [0, 0.1) is 0 Å². The van der Waals surface area contributed by atoms with Crippen molar-refractivity contribution in [1.29, 1.82) is 0 Å². The van der Waals surface area contributed by atoms with Crippen LogP contribution in [0.15, 0.2) is 54.6 Å². The lowest BCUT2D eigenvalue weighted by Crippen LogP contribution is -2.35. The molecule has 4 nitrogen and oxygen atoms in total. The predicted molar refractivity (Wildman–Crippen MR) is 140 cm³/mol. The maximum absolute atomic E-state index is 12.8. The van der Waals surface area contributed by atoms with Crippen molar-refractivity contribution in [1.82, 2.24) is 9.88 Å². The van der Waals surface area contributed by atoms with E-state index >= 15 is 0 Å². The number of amides is 1. The van der Waals surface area contributed by atoms with Gasteiger partial charge in [-0.25, -0.2) is 9.78 Å². The number of benzene rings is 2. The summed E-state index contributed by atoms with van der Waals surface area (Å²) in [5.74, 6) is 0.245. The lowest BCUT2D eigenvalue weighted by molar-refractivity contribution is 0.0924. The molecule has 0 N–H and O–H groups in total. The third-order valence-corrected chi connectivity index (χ3v) is 8.01. The van der Waals surface area contributed by atoms with Crippen LogP contribution in [-0.2, 0) is 36.6 Å². The van der Waals surface area contributed by atoms with Gasteiger partial charge in [0, 0.05) is 22.4 Å². The fraction of sp³-hybridized carbons (Fsp3) is 0.259. The number of fused-ring (bicyclic) bond motifs is 3. The van der Waals surface area contributed by atoms with Crippen LogP contribution in [0.2, 0.25) is 5.02 Å². The molecular weight excluding hydrogens is 487 g/mol. The summed E-state index contributed by atoms with van der Waals surface area (Å²) in [5, 5.41) is 1.69. The summed E-state index contributed by atoms with van der Waals surface area (Å²) in [7, 11) is 0. The van der Waals surface area contributed by atoms with Gasteiger partial charge in [0.1, 0.15) is 11.4 Å². The SMILES string of the molecule is CCc1ccc(-c2c(Cl)c(CCl)nc3sc4c(c23)CCN(C(=O)OCc2ccccc2)C4)cc1. The second-order valence-electron chi connectivity index (χ2n) is 8.33. The molecule has 34 heavy (non-hydrogen) atoms. The number of hydrogen-bond acceptors (Lipinski definition) is 4. The highest BCUT2D eigenvalue weighted by Gasteiger charge is 2.28. The largest absolute Gasteiger partial charge is 0.445 e. The molecule has 3 heterocycles. The van der Waals surface area contributed by atoms with E-state index in [4.69, 9.17) is 32.9 Å². The van der Waals surface area contributed by atoms with Gasteiger partial charge in [0.15, 0.2) is 0 Å². The highest BCUT2D eigenvalue weighted by Crippen LogP contribution is 2.44. The Morgan fingerprint density at radius 1 is 1.12 bits per heavy atom. The second-order valence-corrected chi connectivity index (χ2v) is 10.1. The van der Waals surface area contributed by atoms with Crippen LogP contribution in [-0.4, -0.2) is 22.5 Å². The number of rotatable bonds is 5. The Labute approximate surface area is 213 Å². The number of carbonyl (C=O) groups is 1. The molecule has 0 radical (unpaired) electrons. The van der Waals surface area contributed by atoms with E-state index in [-0.39, 0.29) is 18.6 Å². The van der Waals surface area contributed by atoms with E-state index in [9.17, 15) is 4.79 Å². The first-order valence-corrected chi connectivity index (χ1v) is 13.1. The summed E-state index contributed by atoms with van der Waals surface area (Å²) in [6.45, 7) is 3.51. The zero-order valence-corrected chi connectivity index (χ0v) is 21.1. The number of pyridine rings is 1. The monoisotopic (exact) mass is 510 g/mol. The Hall–Kier alpha value is -2.60. The van der Waals surface area contributed by atoms with Crippen LogP contribution in [0.1, 0.15) is 34.2 Å². The Bertz CT molecular complexity index is 1340. The van der Waals surface area contributed by atoms with Gasteiger partial charge in [0.05, 0.1) is 23.1 Å². The van der Waals surface area contributed by atoms with E-state index < -0.39 is 0 Å². The molecule has 0 saturated heterocycles. The Balaban J connectivity index is 1.48. The summed E-state index contributed by atoms with van der Waals surface area (Å²) < 4.78 is 5.56. The number of aromatic nitrogens is 1. The maximum atomic E-state index is 12.8. The van der Waals surface area contributed by atoms with Gasteiger partial charge < -0.3 is 9.64 Å². The Kier molecular flexibility index (Phi) is 6.77. The summed E-state index contributed by atoms with van der Waals surface area (Å²) in [6.07, 6.45) is 1.42. The number of nitrogens with zero attached hydrogens (tertiary/aromatic N) is 2. The van der Waals surface area contributed by atoms with Gasteiger partial charge in [-0.3, -0.25) is 0 Å². The standard InChI is InChI=1S/C27H24Cl2N2O2S/c1-2-17-8-10-19(11-9-17)23-24-20-12-13-31(27(32)33-16-18-6-4-3-5-7-18)15-22(20)34-26(24)30-21(14-28)25(23)29/h3-11H,2,12-16H2,1H3. The quantitative estimate of drug-likeness (QED) is 0.259. The zero-order valence-electron chi connectivity index (χ0n) is 18.8. The summed E-state index contributed by atoms with van der Waals surface area (Å²) >= 11 is 14.7. The van der Waals surface area contributed by atoms with Gasteiger partial charge in [0.25, 0.3) is 0 Å². The highest BCUT2D eigenvalue weighted by molar-refractivity contribution is 7.19. The Morgan fingerprint density at radius 3 is 2.59 bits per heavy atom. The summed E-state index contributed by atoms with van der Waals surface area (Å²) in [5.41, 5.74) is 6.20. The molecule has 4 aromatic rings. The van der Waals surface area contributed by atoms with Crippen molar-refractivity contribution in [3.63, 3.8) is 0 Å². The molecule has 7 heteroatoms. The van der Waals surface area contributed by atoms with Crippen LogP contribution in [0.5, 0.6) is 0 Å². The number of alkyl halides is 1. The van der Waals surface area contributed by atoms with Gasteiger partial charge in [-0.1, -0.05) is 73.1 Å². The van der Waals surface area contributed by atoms with E-state index in [2.05, 4.69) is 31.2 Å². The highest BCUT2D eigenvalue weighted by atomic mass is 35.5. The summed E-state index contributed by atoms with van der Waals surface area (Å²) in [6, 6.07) is 18.3. The molecule has 0 spiro atoms. The Morgan fingerprint density at radius 2 is 1.88 bits per heavy atom. The molecule has 1 aliphatic heterocycles. The second kappa shape index (κ2) is 9.95. The van der Waals surface area contributed by atoms with E-state index in [1.165, 1.54) is 11.1 Å². The molecule has 2 aromatic heterocycles. The number of aryl methyl sites for hydroxylation is 1. The van der Waals surface area contributed by atoms with Crippen LogP contribution in [0.25, 0.3) is 21.3 Å². The topological polar surface area (TPSA) is 42.4 Å². The van der Waals surface area contributed by atoms with Crippen LogP contribution < -0.4 is 0 Å². The fourth-order valence-electron chi connectivity index (χ4n) is 4.38. The van der Waals surface area contributed by atoms with Gasteiger partial charge in [-0.05, 0) is 35.1 Å². The van der Waals surface area contributed by atoms with Crippen LogP contribution >= 0.6 is 34.5 Å². The zero-order chi connectivity index (χ0) is 23.7. The minimum atomic E-state index is -0.297. The number of ether oxygens (including phenoxy) is 1. The minimum Gasteiger partial charge on any atom is -0.445 e. The smallest absolute Gasteiger partial charge is 0.410 e. The number of thiophene rings is 1. The van der Waals surface area contributed by atoms with Crippen molar-refractivity contribution in [3.8, 4) is 11.1 Å². The van der Waals surface area contributed by atoms with Gasteiger partial charge >= 0.3 is 6.09 Å². The molecule has 0 atom stereocenters.